The van der Waals surface area contributed by atoms with E-state index in [4.69, 9.17) is 9.47 Å². The van der Waals surface area contributed by atoms with Crippen LogP contribution in [0.4, 0.5) is 0 Å². The number of hydrogen-bond donors (Lipinski definition) is 1. The Morgan fingerprint density at radius 1 is 1.15 bits per heavy atom. The first kappa shape index (κ1) is 19.9. The number of sulfonamides is 1. The Kier molecular flexibility index (Phi) is 6.39. The van der Waals surface area contributed by atoms with Crippen LogP contribution in [-0.4, -0.2) is 27.6 Å². The summed E-state index contributed by atoms with van der Waals surface area (Å²) >= 11 is 0. The molecule has 0 heterocycles. The van der Waals surface area contributed by atoms with Crippen molar-refractivity contribution in [1.29, 1.82) is 0 Å². The molecular formula is C19H23NO5S. The largest absolute Gasteiger partial charge is 0.491 e. The van der Waals surface area contributed by atoms with E-state index < -0.39 is 16.0 Å². The van der Waals surface area contributed by atoms with Crippen molar-refractivity contribution in [3.8, 4) is 5.75 Å². The zero-order chi connectivity index (χ0) is 19.3. The van der Waals surface area contributed by atoms with Gasteiger partial charge in [-0.3, -0.25) is 0 Å². The number of rotatable bonds is 7. The van der Waals surface area contributed by atoms with E-state index in [1.807, 2.05) is 32.0 Å². The number of ether oxygens (including phenoxy) is 2. The van der Waals surface area contributed by atoms with Crippen LogP contribution >= 0.6 is 0 Å². The molecule has 140 valence electrons. The second-order valence-electron chi connectivity index (χ2n) is 6.11. The SMILES string of the molecule is COC(=O)c1cc(S(=O)(=O)NCc2cccc(OC(C)C)c2)ccc1C. The topological polar surface area (TPSA) is 81.7 Å². The van der Waals surface area contributed by atoms with Gasteiger partial charge in [0.2, 0.25) is 10.0 Å². The maximum atomic E-state index is 12.5. The van der Waals surface area contributed by atoms with Crippen LogP contribution in [0.3, 0.4) is 0 Å². The molecule has 1 N–H and O–H groups in total. The first-order valence-electron chi connectivity index (χ1n) is 8.17. The molecule has 7 heteroatoms. The van der Waals surface area contributed by atoms with E-state index in [1.165, 1.54) is 19.2 Å². The minimum atomic E-state index is -3.77. The minimum Gasteiger partial charge on any atom is -0.491 e. The summed E-state index contributed by atoms with van der Waals surface area (Å²) in [5.41, 5.74) is 1.64. The maximum absolute atomic E-state index is 12.5. The summed E-state index contributed by atoms with van der Waals surface area (Å²) in [6.45, 7) is 5.67. The molecule has 2 rings (SSSR count). The van der Waals surface area contributed by atoms with Crippen LogP contribution in [0.15, 0.2) is 47.4 Å². The fourth-order valence-electron chi connectivity index (χ4n) is 2.36. The van der Waals surface area contributed by atoms with E-state index in [1.54, 1.807) is 19.1 Å². The van der Waals surface area contributed by atoms with Gasteiger partial charge in [-0.1, -0.05) is 18.2 Å². The van der Waals surface area contributed by atoms with Gasteiger partial charge in [-0.25, -0.2) is 17.9 Å². The van der Waals surface area contributed by atoms with Crippen LogP contribution in [0.25, 0.3) is 0 Å². The normalized spacial score (nSPS) is 11.4. The number of carbonyl (C=O) groups excluding carboxylic acids is 1. The Hall–Kier alpha value is -2.38. The molecule has 0 atom stereocenters. The van der Waals surface area contributed by atoms with Crippen molar-refractivity contribution in [3.05, 3.63) is 59.2 Å². The molecule has 0 unspecified atom stereocenters. The minimum absolute atomic E-state index is 0.0121. The van der Waals surface area contributed by atoms with Gasteiger partial charge in [-0.15, -0.1) is 0 Å². The lowest BCUT2D eigenvalue weighted by Crippen LogP contribution is -2.23. The second-order valence-corrected chi connectivity index (χ2v) is 7.87. The summed E-state index contributed by atoms with van der Waals surface area (Å²) in [7, 11) is -2.52. The Balaban J connectivity index is 2.18. The van der Waals surface area contributed by atoms with Gasteiger partial charge in [0.05, 0.1) is 23.7 Å². The van der Waals surface area contributed by atoms with Crippen LogP contribution < -0.4 is 9.46 Å². The van der Waals surface area contributed by atoms with Gasteiger partial charge in [-0.2, -0.15) is 0 Å². The number of methoxy groups -OCH3 is 1. The number of esters is 1. The van der Waals surface area contributed by atoms with E-state index in [0.29, 0.717) is 11.3 Å². The zero-order valence-electron chi connectivity index (χ0n) is 15.3. The fourth-order valence-corrected chi connectivity index (χ4v) is 3.40. The maximum Gasteiger partial charge on any atom is 0.338 e. The van der Waals surface area contributed by atoms with Crippen LogP contribution in [0, 0.1) is 6.92 Å². The van der Waals surface area contributed by atoms with E-state index in [2.05, 4.69) is 4.72 Å². The molecule has 26 heavy (non-hydrogen) atoms. The van der Waals surface area contributed by atoms with Crippen LogP contribution in [0.2, 0.25) is 0 Å². The predicted octanol–water partition coefficient (Wildman–Crippen LogP) is 3.05. The van der Waals surface area contributed by atoms with Crippen molar-refractivity contribution in [2.75, 3.05) is 7.11 Å². The molecule has 0 aliphatic rings. The van der Waals surface area contributed by atoms with Crippen molar-refractivity contribution in [3.63, 3.8) is 0 Å². The fraction of sp³-hybridized carbons (Fsp3) is 0.316. The average molecular weight is 377 g/mol. The Bertz CT molecular complexity index is 891. The first-order chi connectivity index (χ1) is 12.2. The lowest BCUT2D eigenvalue weighted by molar-refractivity contribution is 0.0599. The number of nitrogens with one attached hydrogen (secondary N) is 1. The van der Waals surface area contributed by atoms with Crippen molar-refractivity contribution in [2.24, 2.45) is 0 Å². The van der Waals surface area contributed by atoms with E-state index >= 15 is 0 Å². The highest BCUT2D eigenvalue weighted by Gasteiger charge is 2.18. The molecule has 0 aromatic heterocycles. The van der Waals surface area contributed by atoms with Crippen LogP contribution in [0.5, 0.6) is 5.75 Å². The Morgan fingerprint density at radius 2 is 1.88 bits per heavy atom. The van der Waals surface area contributed by atoms with Gasteiger partial charge in [0.15, 0.2) is 0 Å². The summed E-state index contributed by atoms with van der Waals surface area (Å²) in [4.78, 5) is 11.8. The third kappa shape index (κ3) is 5.06. The Morgan fingerprint density at radius 3 is 2.54 bits per heavy atom. The summed E-state index contributed by atoms with van der Waals surface area (Å²) < 4.78 is 37.9. The standard InChI is InChI=1S/C19H23NO5S/c1-13(2)25-16-7-5-6-15(10-16)12-20-26(22,23)17-9-8-14(3)18(11-17)19(21)24-4/h5-11,13,20H,12H2,1-4H3. The highest BCUT2D eigenvalue weighted by atomic mass is 32.2. The molecular weight excluding hydrogens is 354 g/mol. The molecule has 0 amide bonds. The molecule has 0 saturated heterocycles. The van der Waals surface area contributed by atoms with E-state index in [-0.39, 0.29) is 23.1 Å². The van der Waals surface area contributed by atoms with Crippen LogP contribution in [0.1, 0.15) is 35.3 Å². The quantitative estimate of drug-likeness (QED) is 0.750. The highest BCUT2D eigenvalue weighted by molar-refractivity contribution is 7.89. The van der Waals surface area contributed by atoms with Gasteiger partial charge in [-0.05, 0) is 56.2 Å². The summed E-state index contributed by atoms with van der Waals surface area (Å²) in [6.07, 6.45) is 0.0336. The molecule has 6 nitrogen and oxygen atoms in total. The monoisotopic (exact) mass is 377 g/mol. The highest BCUT2D eigenvalue weighted by Crippen LogP contribution is 2.18. The van der Waals surface area contributed by atoms with Gasteiger partial charge in [0.1, 0.15) is 5.75 Å². The Labute approximate surface area is 154 Å². The molecule has 0 bridgehead atoms. The number of benzene rings is 2. The van der Waals surface area contributed by atoms with Gasteiger partial charge >= 0.3 is 5.97 Å². The molecule has 2 aromatic carbocycles. The zero-order valence-corrected chi connectivity index (χ0v) is 16.1. The van der Waals surface area contributed by atoms with E-state index in [0.717, 1.165) is 5.56 Å². The third-order valence-electron chi connectivity index (χ3n) is 3.66. The predicted molar refractivity (Wildman–Crippen MR) is 98.8 cm³/mol. The van der Waals surface area contributed by atoms with Crippen molar-refractivity contribution >= 4 is 16.0 Å². The molecule has 0 radical (unpaired) electrons. The lowest BCUT2D eigenvalue weighted by atomic mass is 10.1. The van der Waals surface area contributed by atoms with Crippen molar-refractivity contribution in [1.82, 2.24) is 4.72 Å². The molecule has 0 saturated carbocycles. The smallest absolute Gasteiger partial charge is 0.338 e. The molecule has 0 spiro atoms. The second kappa shape index (κ2) is 8.33. The summed E-state index contributed by atoms with van der Waals surface area (Å²) in [5.74, 6) is 0.109. The summed E-state index contributed by atoms with van der Waals surface area (Å²) in [6, 6.07) is 11.6. The molecule has 0 aliphatic carbocycles. The first-order valence-corrected chi connectivity index (χ1v) is 9.65. The van der Waals surface area contributed by atoms with E-state index in [9.17, 15) is 13.2 Å². The van der Waals surface area contributed by atoms with Crippen molar-refractivity contribution in [2.45, 2.75) is 38.3 Å². The number of aryl methyl sites for hydroxylation is 1. The number of carbonyl (C=O) groups is 1. The van der Waals surface area contributed by atoms with Crippen LogP contribution in [-0.2, 0) is 21.3 Å². The van der Waals surface area contributed by atoms with Gasteiger partial charge < -0.3 is 9.47 Å². The summed E-state index contributed by atoms with van der Waals surface area (Å²) in [5, 5.41) is 0. The van der Waals surface area contributed by atoms with Gasteiger partial charge in [0, 0.05) is 6.54 Å². The molecule has 0 fully saturated rings. The number of hydrogen-bond acceptors (Lipinski definition) is 5. The van der Waals surface area contributed by atoms with Crippen molar-refractivity contribution < 1.29 is 22.7 Å². The molecule has 0 aliphatic heterocycles. The third-order valence-corrected chi connectivity index (χ3v) is 5.06. The molecule has 2 aromatic rings. The van der Waals surface area contributed by atoms with Gasteiger partial charge in [0.25, 0.3) is 0 Å². The lowest BCUT2D eigenvalue weighted by Gasteiger charge is -2.12. The average Bonchev–Trinajstić information content (AvgIpc) is 2.59.